The average molecular weight is 461 g/mol. The van der Waals surface area contributed by atoms with Crippen LogP contribution in [0.15, 0.2) is 77.3 Å². The van der Waals surface area contributed by atoms with Gasteiger partial charge in [-0.2, -0.15) is 0 Å². The number of fused-ring (bicyclic) bond motifs is 2. The molecule has 0 fully saturated rings. The Morgan fingerprint density at radius 2 is 1.67 bits per heavy atom. The van der Waals surface area contributed by atoms with E-state index in [9.17, 15) is 9.59 Å². The van der Waals surface area contributed by atoms with Crippen LogP contribution in [0.1, 0.15) is 27.9 Å². The summed E-state index contributed by atoms with van der Waals surface area (Å²) in [6.45, 7) is 0. The standard InChI is InChI=1S/C25H21BrN2O2/c1-28-22-9-5-4-8-20(22)25(24(28)30,27-18-13-11-17(26)12-14-18)21-15-10-16-6-2-3-7-19(16)23(21)29/h2-9,11-14,21,27H,10,15H2,1H3. The van der Waals surface area contributed by atoms with Crippen molar-refractivity contribution >= 4 is 39.0 Å². The fourth-order valence-electron chi connectivity index (χ4n) is 4.90. The first kappa shape index (κ1) is 19.1. The number of carbonyl (C=O) groups is 2. The van der Waals surface area contributed by atoms with Gasteiger partial charge in [0.05, 0.1) is 5.92 Å². The predicted molar refractivity (Wildman–Crippen MR) is 122 cm³/mol. The molecule has 0 saturated heterocycles. The Labute approximate surface area is 184 Å². The Bertz CT molecular complexity index is 1160. The molecule has 5 heteroatoms. The summed E-state index contributed by atoms with van der Waals surface area (Å²) in [5.74, 6) is -0.557. The zero-order valence-electron chi connectivity index (χ0n) is 16.6. The van der Waals surface area contributed by atoms with Gasteiger partial charge in [0.15, 0.2) is 11.3 Å². The summed E-state index contributed by atoms with van der Waals surface area (Å²) >= 11 is 3.47. The van der Waals surface area contributed by atoms with Crippen molar-refractivity contribution < 1.29 is 9.59 Å². The van der Waals surface area contributed by atoms with Crippen LogP contribution in [0.5, 0.6) is 0 Å². The van der Waals surface area contributed by atoms with E-state index in [1.165, 1.54) is 0 Å². The number of rotatable bonds is 3. The van der Waals surface area contributed by atoms with Gasteiger partial charge in [-0.1, -0.05) is 58.4 Å². The summed E-state index contributed by atoms with van der Waals surface area (Å²) in [5, 5.41) is 3.52. The van der Waals surface area contributed by atoms with Crippen LogP contribution in [0.4, 0.5) is 11.4 Å². The minimum atomic E-state index is -1.14. The van der Waals surface area contributed by atoms with Crippen molar-refractivity contribution in [1.29, 1.82) is 0 Å². The lowest BCUT2D eigenvalue weighted by Gasteiger charge is -2.39. The van der Waals surface area contributed by atoms with Crippen LogP contribution in [0.25, 0.3) is 0 Å². The first-order chi connectivity index (χ1) is 14.5. The fraction of sp³-hybridized carbons (Fsp3) is 0.200. The second-order valence-corrected chi connectivity index (χ2v) is 8.85. The van der Waals surface area contributed by atoms with Crippen molar-refractivity contribution in [2.75, 3.05) is 17.3 Å². The van der Waals surface area contributed by atoms with Gasteiger partial charge in [-0.3, -0.25) is 9.59 Å². The molecule has 3 aromatic carbocycles. The summed E-state index contributed by atoms with van der Waals surface area (Å²) in [6.07, 6.45) is 1.39. The highest BCUT2D eigenvalue weighted by atomic mass is 79.9. The van der Waals surface area contributed by atoms with Gasteiger partial charge in [0.1, 0.15) is 0 Å². The van der Waals surface area contributed by atoms with Crippen LogP contribution in [-0.4, -0.2) is 18.7 Å². The molecule has 0 radical (unpaired) electrons. The normalized spacial score (nSPS) is 22.6. The van der Waals surface area contributed by atoms with Crippen LogP contribution in [0.2, 0.25) is 0 Å². The molecule has 2 atom stereocenters. The zero-order chi connectivity index (χ0) is 20.9. The van der Waals surface area contributed by atoms with Crippen molar-refractivity contribution in [3.8, 4) is 0 Å². The van der Waals surface area contributed by atoms with Crippen LogP contribution < -0.4 is 10.2 Å². The molecular weight excluding hydrogens is 440 g/mol. The second-order valence-electron chi connectivity index (χ2n) is 7.93. The van der Waals surface area contributed by atoms with Crippen LogP contribution in [0, 0.1) is 5.92 Å². The Hall–Kier alpha value is -2.92. The van der Waals surface area contributed by atoms with Crippen molar-refractivity contribution in [3.63, 3.8) is 0 Å². The molecular formula is C25H21BrN2O2. The zero-order valence-corrected chi connectivity index (χ0v) is 18.1. The number of benzene rings is 3. The molecule has 4 nitrogen and oxygen atoms in total. The number of likely N-dealkylation sites (N-methyl/N-ethyl adjacent to an activating group) is 1. The van der Waals surface area contributed by atoms with Gasteiger partial charge in [-0.15, -0.1) is 0 Å². The number of para-hydroxylation sites is 1. The van der Waals surface area contributed by atoms with E-state index in [4.69, 9.17) is 0 Å². The molecule has 2 aliphatic rings. The summed E-state index contributed by atoms with van der Waals surface area (Å²) in [5.41, 5.74) is 3.17. The Kier molecular flexibility index (Phi) is 4.51. The minimum absolute atomic E-state index is 0.0277. The van der Waals surface area contributed by atoms with E-state index in [2.05, 4.69) is 21.2 Å². The summed E-state index contributed by atoms with van der Waals surface area (Å²) in [7, 11) is 1.79. The number of aryl methyl sites for hydroxylation is 1. The second kappa shape index (κ2) is 7.10. The topological polar surface area (TPSA) is 49.4 Å². The molecule has 1 N–H and O–H groups in total. The lowest BCUT2D eigenvalue weighted by molar-refractivity contribution is -0.123. The third-order valence-corrected chi connectivity index (χ3v) is 6.87. The van der Waals surface area contributed by atoms with E-state index >= 15 is 0 Å². The van der Waals surface area contributed by atoms with E-state index in [-0.39, 0.29) is 11.7 Å². The molecule has 150 valence electrons. The SMILES string of the molecule is CN1C(=O)C(Nc2ccc(Br)cc2)(C2CCc3ccccc3C2=O)c2ccccc21. The number of nitrogens with zero attached hydrogens (tertiary/aromatic N) is 1. The molecule has 30 heavy (non-hydrogen) atoms. The highest BCUT2D eigenvalue weighted by molar-refractivity contribution is 9.10. The molecule has 1 heterocycles. The Balaban J connectivity index is 1.70. The molecule has 0 spiro atoms. The third kappa shape index (κ3) is 2.72. The van der Waals surface area contributed by atoms with E-state index in [0.29, 0.717) is 6.42 Å². The summed E-state index contributed by atoms with van der Waals surface area (Å²) < 4.78 is 0.958. The van der Waals surface area contributed by atoms with E-state index in [1.54, 1.807) is 11.9 Å². The molecule has 0 bridgehead atoms. The Morgan fingerprint density at radius 1 is 0.967 bits per heavy atom. The molecule has 3 aromatic rings. The largest absolute Gasteiger partial charge is 0.367 e. The number of hydrogen-bond donors (Lipinski definition) is 1. The smallest absolute Gasteiger partial charge is 0.257 e. The van der Waals surface area contributed by atoms with Gasteiger partial charge in [0, 0.05) is 34.0 Å². The number of nitrogens with one attached hydrogen (secondary N) is 1. The maximum absolute atomic E-state index is 13.8. The van der Waals surface area contributed by atoms with Gasteiger partial charge >= 0.3 is 0 Å². The highest BCUT2D eigenvalue weighted by Crippen LogP contribution is 2.49. The number of carbonyl (C=O) groups excluding carboxylic acids is 2. The predicted octanol–water partition coefficient (Wildman–Crippen LogP) is 5.18. The van der Waals surface area contributed by atoms with E-state index in [1.807, 2.05) is 72.8 Å². The van der Waals surface area contributed by atoms with Crippen molar-refractivity contribution in [2.45, 2.75) is 18.4 Å². The monoisotopic (exact) mass is 460 g/mol. The van der Waals surface area contributed by atoms with E-state index in [0.717, 1.165) is 39.0 Å². The Morgan fingerprint density at radius 3 is 2.47 bits per heavy atom. The van der Waals surface area contributed by atoms with Gasteiger partial charge in [-0.05, 0) is 48.7 Å². The van der Waals surface area contributed by atoms with Gasteiger partial charge in [-0.25, -0.2) is 0 Å². The number of hydrogen-bond acceptors (Lipinski definition) is 3. The molecule has 0 aromatic heterocycles. The number of anilines is 2. The molecule has 5 rings (SSSR count). The highest BCUT2D eigenvalue weighted by Gasteiger charge is 2.57. The van der Waals surface area contributed by atoms with Gasteiger partial charge in [0.25, 0.3) is 5.91 Å². The van der Waals surface area contributed by atoms with Gasteiger partial charge < -0.3 is 10.2 Å². The summed E-state index contributed by atoms with van der Waals surface area (Å²) in [6, 6.07) is 23.3. The van der Waals surface area contributed by atoms with Crippen molar-refractivity contribution in [3.05, 3.63) is 94.0 Å². The van der Waals surface area contributed by atoms with Crippen LogP contribution in [-0.2, 0) is 16.8 Å². The molecule has 1 aliphatic heterocycles. The number of amides is 1. The molecule has 0 saturated carbocycles. The van der Waals surface area contributed by atoms with Crippen molar-refractivity contribution in [2.24, 2.45) is 5.92 Å². The average Bonchev–Trinajstić information content (AvgIpc) is 2.98. The van der Waals surface area contributed by atoms with Crippen molar-refractivity contribution in [1.82, 2.24) is 0 Å². The van der Waals surface area contributed by atoms with Crippen LogP contribution >= 0.6 is 15.9 Å². The third-order valence-electron chi connectivity index (χ3n) is 6.34. The lowest BCUT2D eigenvalue weighted by Crippen LogP contribution is -2.54. The van der Waals surface area contributed by atoms with Gasteiger partial charge in [0.2, 0.25) is 0 Å². The maximum Gasteiger partial charge on any atom is 0.257 e. The molecule has 1 amide bonds. The molecule has 2 unspecified atom stereocenters. The number of Topliss-reactive ketones (excluding diaryl/α,β-unsaturated/α-hetero) is 1. The number of ketones is 1. The van der Waals surface area contributed by atoms with Crippen LogP contribution in [0.3, 0.4) is 0 Å². The minimum Gasteiger partial charge on any atom is -0.367 e. The fourth-order valence-corrected chi connectivity index (χ4v) is 5.17. The van der Waals surface area contributed by atoms with E-state index < -0.39 is 11.5 Å². The quantitative estimate of drug-likeness (QED) is 0.585. The molecule has 1 aliphatic carbocycles. The summed E-state index contributed by atoms with van der Waals surface area (Å²) in [4.78, 5) is 29.2. The first-order valence-corrected chi connectivity index (χ1v) is 10.8. The number of halogens is 1. The lowest BCUT2D eigenvalue weighted by atomic mass is 9.69. The first-order valence-electron chi connectivity index (χ1n) is 10.1. The maximum atomic E-state index is 13.8.